The van der Waals surface area contributed by atoms with E-state index in [2.05, 4.69) is 25.2 Å². The predicted molar refractivity (Wildman–Crippen MR) is 142 cm³/mol. The van der Waals surface area contributed by atoms with Crippen molar-refractivity contribution in [1.82, 2.24) is 28.7 Å². The van der Waals surface area contributed by atoms with E-state index in [1.54, 1.807) is 4.57 Å². The number of likely N-dealkylation sites (tertiary alicyclic amines) is 1. The van der Waals surface area contributed by atoms with Gasteiger partial charge in [0.25, 0.3) is 0 Å². The van der Waals surface area contributed by atoms with Crippen LogP contribution in [-0.2, 0) is 22.6 Å². The number of halogens is 4. The Morgan fingerprint density at radius 3 is 2.49 bits per heavy atom. The van der Waals surface area contributed by atoms with Crippen LogP contribution in [0.4, 0.5) is 19.1 Å². The summed E-state index contributed by atoms with van der Waals surface area (Å²) < 4.78 is 68.0. The lowest BCUT2D eigenvalue weighted by molar-refractivity contribution is -0.137. The van der Waals surface area contributed by atoms with Crippen molar-refractivity contribution < 1.29 is 21.6 Å². The quantitative estimate of drug-likeness (QED) is 0.427. The van der Waals surface area contributed by atoms with Crippen LogP contribution < -0.4 is 5.32 Å². The maximum Gasteiger partial charge on any atom is 0.420 e. The normalized spacial score (nSPS) is 17.8. The van der Waals surface area contributed by atoms with Crippen LogP contribution in [-0.4, -0.2) is 82.2 Å². The van der Waals surface area contributed by atoms with Crippen LogP contribution in [0.2, 0.25) is 5.02 Å². The second kappa shape index (κ2) is 11.0. The SMILES string of the molecule is CS(=O)(=O)N1CCC(Nc2ncc(C(F)(F)F)c(-c3cn(-c4ccc(CCN5CCC5)cc4Cl)cn3)n2)CC1. The molecule has 0 atom stereocenters. The first-order valence-corrected chi connectivity index (χ1v) is 14.9. The van der Waals surface area contributed by atoms with Crippen LogP contribution in [0.1, 0.15) is 30.4 Å². The molecule has 0 bridgehead atoms. The van der Waals surface area contributed by atoms with Crippen molar-refractivity contribution in [1.29, 1.82) is 0 Å². The van der Waals surface area contributed by atoms with Crippen LogP contribution in [0.5, 0.6) is 0 Å². The topological polar surface area (TPSA) is 96.2 Å². The number of hydrogen-bond donors (Lipinski definition) is 1. The van der Waals surface area contributed by atoms with Crippen LogP contribution in [0.25, 0.3) is 17.1 Å². The first kappa shape index (κ1) is 27.8. The number of sulfonamides is 1. The Hall–Kier alpha value is -2.74. The fourth-order valence-corrected chi connectivity index (χ4v) is 5.93. The molecule has 0 radical (unpaired) electrons. The van der Waals surface area contributed by atoms with Crippen molar-refractivity contribution in [2.24, 2.45) is 0 Å². The van der Waals surface area contributed by atoms with Crippen molar-refractivity contribution >= 4 is 27.6 Å². The van der Waals surface area contributed by atoms with Crippen LogP contribution in [0.15, 0.2) is 36.9 Å². The molecule has 2 fully saturated rings. The molecule has 0 saturated carbocycles. The van der Waals surface area contributed by atoms with E-state index >= 15 is 0 Å². The molecule has 0 unspecified atom stereocenters. The van der Waals surface area contributed by atoms with Gasteiger partial charge in [-0.15, -0.1) is 0 Å². The van der Waals surface area contributed by atoms with Crippen molar-refractivity contribution in [2.45, 2.75) is 37.9 Å². The van der Waals surface area contributed by atoms with E-state index in [0.29, 0.717) is 36.6 Å². The Balaban J connectivity index is 1.35. The van der Waals surface area contributed by atoms with E-state index < -0.39 is 21.8 Å². The van der Waals surface area contributed by atoms with Gasteiger partial charge in [0.15, 0.2) is 0 Å². The van der Waals surface area contributed by atoms with E-state index in [4.69, 9.17) is 11.6 Å². The van der Waals surface area contributed by atoms with Gasteiger partial charge in [0, 0.05) is 38.1 Å². The summed E-state index contributed by atoms with van der Waals surface area (Å²) in [7, 11) is -3.29. The smallest absolute Gasteiger partial charge is 0.351 e. The second-order valence-corrected chi connectivity index (χ2v) is 12.3. The number of benzene rings is 1. The van der Waals surface area contributed by atoms with Crippen LogP contribution in [0, 0.1) is 0 Å². The van der Waals surface area contributed by atoms with Crippen molar-refractivity contribution in [3.8, 4) is 17.1 Å². The Kier molecular flexibility index (Phi) is 7.86. The van der Waals surface area contributed by atoms with Gasteiger partial charge in [-0.25, -0.2) is 27.7 Å². The summed E-state index contributed by atoms with van der Waals surface area (Å²) >= 11 is 6.54. The molecule has 4 heterocycles. The molecule has 2 aliphatic rings. The van der Waals surface area contributed by atoms with Gasteiger partial charge < -0.3 is 14.8 Å². The first-order valence-electron chi connectivity index (χ1n) is 12.7. The molecule has 9 nitrogen and oxygen atoms in total. The highest BCUT2D eigenvalue weighted by Crippen LogP contribution is 2.36. The Bertz CT molecular complexity index is 1440. The standard InChI is InChI=1S/C25H29ClF3N7O2S/c1-39(37,38)36-11-6-18(7-12-36)32-24-30-14-19(25(27,28)29)23(33-24)21-15-35(16-31-21)22-4-3-17(13-20(22)26)5-10-34-8-2-9-34/h3-4,13-16,18H,2,5-12H2,1H3,(H,30,32,33). The molecule has 2 saturated heterocycles. The highest BCUT2D eigenvalue weighted by molar-refractivity contribution is 7.88. The lowest BCUT2D eigenvalue weighted by Gasteiger charge is -2.30. The van der Waals surface area contributed by atoms with E-state index in [1.807, 2.05) is 18.2 Å². The molecule has 14 heteroatoms. The number of rotatable bonds is 8. The number of nitrogens with zero attached hydrogens (tertiary/aromatic N) is 6. The summed E-state index contributed by atoms with van der Waals surface area (Å²) in [6, 6.07) is 5.49. The van der Waals surface area contributed by atoms with Gasteiger partial charge in [-0.05, 0) is 56.5 Å². The minimum Gasteiger partial charge on any atom is -0.351 e. The van der Waals surface area contributed by atoms with Gasteiger partial charge in [0.2, 0.25) is 16.0 Å². The average Bonchev–Trinajstić information content (AvgIpc) is 3.32. The maximum absolute atomic E-state index is 13.9. The van der Waals surface area contributed by atoms with E-state index in [9.17, 15) is 21.6 Å². The lowest BCUT2D eigenvalue weighted by atomic mass is 10.1. The number of nitrogens with one attached hydrogen (secondary N) is 1. The third-order valence-corrected chi connectivity index (χ3v) is 8.74. The zero-order valence-corrected chi connectivity index (χ0v) is 22.9. The van der Waals surface area contributed by atoms with E-state index in [0.717, 1.165) is 44.1 Å². The number of aromatic nitrogens is 4. The third kappa shape index (κ3) is 6.53. The highest BCUT2D eigenvalue weighted by atomic mass is 35.5. The van der Waals surface area contributed by atoms with Crippen LogP contribution in [0.3, 0.4) is 0 Å². The van der Waals surface area contributed by atoms with Gasteiger partial charge in [0.1, 0.15) is 23.3 Å². The minimum atomic E-state index is -4.69. The monoisotopic (exact) mass is 583 g/mol. The highest BCUT2D eigenvalue weighted by Gasteiger charge is 2.36. The molecule has 39 heavy (non-hydrogen) atoms. The number of hydrogen-bond acceptors (Lipinski definition) is 7. The van der Waals surface area contributed by atoms with Gasteiger partial charge in [-0.1, -0.05) is 17.7 Å². The first-order chi connectivity index (χ1) is 18.5. The molecule has 2 aromatic heterocycles. The predicted octanol–water partition coefficient (Wildman–Crippen LogP) is 4.09. The summed E-state index contributed by atoms with van der Waals surface area (Å²) in [4.78, 5) is 14.6. The van der Waals surface area contributed by atoms with Gasteiger partial charge in [-0.3, -0.25) is 0 Å². The molecule has 1 N–H and O–H groups in total. The van der Waals surface area contributed by atoms with Crippen molar-refractivity contribution in [3.05, 3.63) is 53.1 Å². The van der Waals surface area contributed by atoms with Crippen molar-refractivity contribution in [3.63, 3.8) is 0 Å². The van der Waals surface area contributed by atoms with Crippen LogP contribution >= 0.6 is 11.6 Å². The maximum atomic E-state index is 13.9. The van der Waals surface area contributed by atoms with Crippen molar-refractivity contribution in [2.75, 3.05) is 44.3 Å². The zero-order valence-electron chi connectivity index (χ0n) is 21.3. The molecular weight excluding hydrogens is 555 g/mol. The van der Waals surface area contributed by atoms with E-state index in [-0.39, 0.29) is 23.4 Å². The largest absolute Gasteiger partial charge is 0.420 e. The van der Waals surface area contributed by atoms with Gasteiger partial charge >= 0.3 is 6.18 Å². The lowest BCUT2D eigenvalue weighted by Crippen LogP contribution is -2.42. The number of alkyl halides is 3. The third-order valence-electron chi connectivity index (χ3n) is 7.13. The summed E-state index contributed by atoms with van der Waals surface area (Å²) in [5.74, 6) is 0.0231. The van der Waals surface area contributed by atoms with Gasteiger partial charge in [0.05, 0.1) is 17.0 Å². The molecule has 2 aliphatic heterocycles. The fraction of sp³-hybridized carbons (Fsp3) is 0.480. The molecule has 3 aromatic rings. The number of piperidine rings is 1. The van der Waals surface area contributed by atoms with E-state index in [1.165, 1.54) is 23.3 Å². The molecule has 1 aromatic carbocycles. The Labute approximate surface area is 230 Å². The second-order valence-electron chi connectivity index (χ2n) is 9.93. The summed E-state index contributed by atoms with van der Waals surface area (Å²) in [5, 5.41) is 3.53. The summed E-state index contributed by atoms with van der Waals surface area (Å²) in [5.41, 5.74) is 0.357. The Morgan fingerprint density at radius 2 is 1.87 bits per heavy atom. The fourth-order valence-electron chi connectivity index (χ4n) is 4.75. The minimum absolute atomic E-state index is 0.0231. The van der Waals surface area contributed by atoms with Gasteiger partial charge in [-0.2, -0.15) is 13.2 Å². The molecule has 0 spiro atoms. The Morgan fingerprint density at radius 1 is 1.13 bits per heavy atom. The summed E-state index contributed by atoms with van der Waals surface area (Å²) in [6.45, 7) is 3.82. The molecule has 0 amide bonds. The molecule has 210 valence electrons. The summed E-state index contributed by atoms with van der Waals surface area (Å²) in [6.07, 6.45) is 3.15. The zero-order chi connectivity index (χ0) is 27.8. The number of imidazole rings is 1. The number of anilines is 1. The average molecular weight is 584 g/mol. The molecule has 5 rings (SSSR count). The molecular formula is C25H29ClF3N7O2S. The molecule has 0 aliphatic carbocycles.